The second-order valence-corrected chi connectivity index (χ2v) is 3.50. The molecule has 76 valence electrons. The van der Waals surface area contributed by atoms with Crippen LogP contribution >= 0.6 is 0 Å². The van der Waals surface area contributed by atoms with Crippen LogP contribution in [0.1, 0.15) is 27.2 Å². The second-order valence-electron chi connectivity index (χ2n) is 3.50. The molecule has 0 radical (unpaired) electrons. The fraction of sp³-hybridized carbons (Fsp3) is 0.750. The maximum Gasteiger partial charge on any atom is 0.412 e. The standard InChI is InChI=1S/C8H15NO4/c1-8(2,3)12-5-4-6(10)13-7(9)11/h4-5H2,1-3H3,(H2,9,11). The molecule has 0 aliphatic heterocycles. The highest BCUT2D eigenvalue weighted by molar-refractivity contribution is 5.83. The van der Waals surface area contributed by atoms with Crippen LogP contribution in [0.5, 0.6) is 0 Å². The van der Waals surface area contributed by atoms with E-state index in [1.54, 1.807) is 0 Å². The van der Waals surface area contributed by atoms with Crippen molar-refractivity contribution < 1.29 is 19.1 Å². The van der Waals surface area contributed by atoms with Gasteiger partial charge < -0.3 is 15.2 Å². The van der Waals surface area contributed by atoms with E-state index in [0.29, 0.717) is 0 Å². The first-order valence-electron chi connectivity index (χ1n) is 3.95. The molecule has 0 aromatic heterocycles. The van der Waals surface area contributed by atoms with Crippen LogP contribution in [0.15, 0.2) is 0 Å². The first-order valence-corrected chi connectivity index (χ1v) is 3.95. The smallest absolute Gasteiger partial charge is 0.376 e. The molecule has 5 nitrogen and oxygen atoms in total. The van der Waals surface area contributed by atoms with Gasteiger partial charge in [0.05, 0.1) is 18.6 Å². The number of carbonyl (C=O) groups excluding carboxylic acids is 2. The number of amides is 1. The highest BCUT2D eigenvalue weighted by atomic mass is 16.6. The zero-order valence-electron chi connectivity index (χ0n) is 8.12. The zero-order valence-corrected chi connectivity index (χ0v) is 8.12. The van der Waals surface area contributed by atoms with Gasteiger partial charge in [-0.2, -0.15) is 0 Å². The third kappa shape index (κ3) is 8.81. The van der Waals surface area contributed by atoms with E-state index < -0.39 is 12.1 Å². The van der Waals surface area contributed by atoms with Gasteiger partial charge in [-0.25, -0.2) is 4.79 Å². The summed E-state index contributed by atoms with van der Waals surface area (Å²) in [7, 11) is 0. The average molecular weight is 189 g/mol. The SMILES string of the molecule is CC(C)(C)OCCC(=O)OC(N)=O. The predicted octanol–water partition coefficient (Wildman–Crippen LogP) is 0.813. The number of carbonyl (C=O) groups is 2. The first-order chi connectivity index (χ1) is 5.81. The molecular weight excluding hydrogens is 174 g/mol. The van der Waals surface area contributed by atoms with Crippen molar-refractivity contribution in [2.75, 3.05) is 6.61 Å². The Bertz CT molecular complexity index is 195. The number of primary amides is 1. The van der Waals surface area contributed by atoms with E-state index in [0.717, 1.165) is 0 Å². The lowest BCUT2D eigenvalue weighted by Gasteiger charge is -2.18. The molecule has 0 saturated heterocycles. The van der Waals surface area contributed by atoms with Crippen LogP contribution in [0.3, 0.4) is 0 Å². The molecule has 0 spiro atoms. The van der Waals surface area contributed by atoms with Gasteiger partial charge in [-0.3, -0.25) is 4.79 Å². The Morgan fingerprint density at radius 2 is 1.85 bits per heavy atom. The van der Waals surface area contributed by atoms with Crippen LogP contribution in [0, 0.1) is 0 Å². The summed E-state index contributed by atoms with van der Waals surface area (Å²) in [5.41, 5.74) is 4.33. The van der Waals surface area contributed by atoms with Crippen LogP contribution < -0.4 is 5.73 Å². The van der Waals surface area contributed by atoms with Crippen molar-refractivity contribution >= 4 is 12.1 Å². The number of rotatable bonds is 3. The van der Waals surface area contributed by atoms with Crippen molar-refractivity contribution in [2.45, 2.75) is 32.8 Å². The first kappa shape index (κ1) is 11.9. The molecule has 0 bridgehead atoms. The van der Waals surface area contributed by atoms with Crippen molar-refractivity contribution in [2.24, 2.45) is 5.73 Å². The Balaban J connectivity index is 3.54. The molecule has 0 aromatic carbocycles. The van der Waals surface area contributed by atoms with Crippen LogP contribution in [0.25, 0.3) is 0 Å². The van der Waals surface area contributed by atoms with E-state index in [9.17, 15) is 9.59 Å². The summed E-state index contributed by atoms with van der Waals surface area (Å²) in [4.78, 5) is 20.8. The Hall–Kier alpha value is -1.10. The summed E-state index contributed by atoms with van der Waals surface area (Å²) in [6.45, 7) is 5.82. The molecule has 1 amide bonds. The summed E-state index contributed by atoms with van der Waals surface area (Å²) >= 11 is 0. The molecule has 0 atom stereocenters. The minimum Gasteiger partial charge on any atom is -0.376 e. The van der Waals surface area contributed by atoms with Gasteiger partial charge in [0.25, 0.3) is 0 Å². The lowest BCUT2D eigenvalue weighted by atomic mass is 10.2. The monoisotopic (exact) mass is 189 g/mol. The van der Waals surface area contributed by atoms with E-state index in [2.05, 4.69) is 10.5 Å². The maximum absolute atomic E-state index is 10.7. The number of hydrogen-bond acceptors (Lipinski definition) is 4. The van der Waals surface area contributed by atoms with Crippen LogP contribution in [0.4, 0.5) is 4.79 Å². The lowest BCUT2D eigenvalue weighted by Crippen LogP contribution is -2.23. The quantitative estimate of drug-likeness (QED) is 0.526. The van der Waals surface area contributed by atoms with E-state index in [1.165, 1.54) is 0 Å². The maximum atomic E-state index is 10.7. The zero-order chi connectivity index (χ0) is 10.5. The van der Waals surface area contributed by atoms with Crippen LogP contribution in [-0.4, -0.2) is 24.3 Å². The third-order valence-corrected chi connectivity index (χ3v) is 1.06. The molecule has 0 saturated carbocycles. The third-order valence-electron chi connectivity index (χ3n) is 1.06. The van der Waals surface area contributed by atoms with Gasteiger partial charge in [0, 0.05) is 0 Å². The number of ether oxygens (including phenoxy) is 2. The fourth-order valence-electron chi connectivity index (χ4n) is 0.604. The molecule has 0 aliphatic carbocycles. The van der Waals surface area contributed by atoms with Crippen LogP contribution in [0.2, 0.25) is 0 Å². The molecule has 13 heavy (non-hydrogen) atoms. The van der Waals surface area contributed by atoms with E-state index in [4.69, 9.17) is 4.74 Å². The van der Waals surface area contributed by atoms with E-state index >= 15 is 0 Å². The minimum absolute atomic E-state index is 0.0280. The largest absolute Gasteiger partial charge is 0.412 e. The lowest BCUT2D eigenvalue weighted by molar-refractivity contribution is -0.139. The Labute approximate surface area is 77.2 Å². The molecule has 5 heteroatoms. The van der Waals surface area contributed by atoms with Crippen molar-refractivity contribution in [3.8, 4) is 0 Å². The number of nitrogens with two attached hydrogens (primary N) is 1. The Morgan fingerprint density at radius 3 is 2.23 bits per heavy atom. The normalized spacial score (nSPS) is 11.0. The molecule has 0 aromatic rings. The molecule has 0 aliphatic rings. The van der Waals surface area contributed by atoms with E-state index in [1.807, 2.05) is 20.8 Å². The second kappa shape index (κ2) is 4.81. The predicted molar refractivity (Wildman–Crippen MR) is 46.0 cm³/mol. The van der Waals surface area contributed by atoms with Gasteiger partial charge in [0.15, 0.2) is 0 Å². The molecular formula is C8H15NO4. The average Bonchev–Trinajstić information content (AvgIpc) is 1.81. The van der Waals surface area contributed by atoms with Crippen molar-refractivity contribution in [1.29, 1.82) is 0 Å². The van der Waals surface area contributed by atoms with E-state index in [-0.39, 0.29) is 18.6 Å². The van der Waals surface area contributed by atoms with Gasteiger partial charge >= 0.3 is 12.1 Å². The molecule has 0 rings (SSSR count). The highest BCUT2D eigenvalue weighted by Gasteiger charge is 2.12. The summed E-state index contributed by atoms with van der Waals surface area (Å²) in [6.07, 6.45) is -1.05. The molecule has 0 fully saturated rings. The van der Waals surface area contributed by atoms with Gasteiger partial charge in [-0.05, 0) is 20.8 Å². The van der Waals surface area contributed by atoms with Crippen molar-refractivity contribution in [1.82, 2.24) is 0 Å². The summed E-state index contributed by atoms with van der Waals surface area (Å²) in [5, 5.41) is 0. The summed E-state index contributed by atoms with van der Waals surface area (Å²) in [6, 6.07) is 0. The summed E-state index contributed by atoms with van der Waals surface area (Å²) < 4.78 is 9.31. The minimum atomic E-state index is -1.08. The van der Waals surface area contributed by atoms with Crippen LogP contribution in [-0.2, 0) is 14.3 Å². The summed E-state index contributed by atoms with van der Waals surface area (Å²) in [5.74, 6) is -0.670. The molecule has 0 heterocycles. The fourth-order valence-corrected chi connectivity index (χ4v) is 0.604. The van der Waals surface area contributed by atoms with Gasteiger partial charge in [0.1, 0.15) is 0 Å². The number of esters is 1. The van der Waals surface area contributed by atoms with Crippen molar-refractivity contribution in [3.05, 3.63) is 0 Å². The highest BCUT2D eigenvalue weighted by Crippen LogP contribution is 2.06. The van der Waals surface area contributed by atoms with Gasteiger partial charge in [0.2, 0.25) is 0 Å². The van der Waals surface area contributed by atoms with Gasteiger partial charge in [-0.1, -0.05) is 0 Å². The van der Waals surface area contributed by atoms with Crippen molar-refractivity contribution in [3.63, 3.8) is 0 Å². The molecule has 0 unspecified atom stereocenters. The Kier molecular flexibility index (Phi) is 4.40. The molecule has 2 N–H and O–H groups in total. The van der Waals surface area contributed by atoms with Gasteiger partial charge in [-0.15, -0.1) is 0 Å². The Morgan fingerprint density at radius 1 is 1.31 bits per heavy atom. The topological polar surface area (TPSA) is 78.6 Å². The number of hydrogen-bond donors (Lipinski definition) is 1.